The number of carboxylic acid groups (broad SMARTS) is 1. The Bertz CT molecular complexity index is 437. The van der Waals surface area contributed by atoms with Crippen molar-refractivity contribution in [3.8, 4) is 11.8 Å². The largest absolute Gasteiger partial charge is 0.504 e. The van der Waals surface area contributed by atoms with Crippen molar-refractivity contribution in [1.82, 2.24) is 0 Å². The molecule has 0 fully saturated rings. The Hall–Kier alpha value is -2.09. The minimum atomic E-state index is -0.998. The summed E-state index contributed by atoms with van der Waals surface area (Å²) in [6.07, 6.45) is -0.0176. The fourth-order valence-corrected chi connectivity index (χ4v) is 1.14. The Kier molecular flexibility index (Phi) is 3.24. The van der Waals surface area contributed by atoms with Crippen molar-refractivity contribution in [3.63, 3.8) is 0 Å². The maximum atomic E-state index is 13.0. The molecule has 0 aromatic heterocycles. The average Bonchev–Trinajstić information content (AvgIpc) is 2.19. The number of benzene rings is 1. The second-order valence-electron chi connectivity index (χ2n) is 2.98. The van der Waals surface area contributed by atoms with Gasteiger partial charge in [-0.2, -0.15) is 5.26 Å². The number of carbonyl (C=O) groups is 1. The zero-order valence-corrected chi connectivity index (χ0v) is 7.70. The van der Waals surface area contributed by atoms with Gasteiger partial charge in [0.2, 0.25) is 0 Å². The Morgan fingerprint density at radius 2 is 2.20 bits per heavy atom. The topological polar surface area (TPSA) is 81.3 Å². The van der Waals surface area contributed by atoms with Crippen LogP contribution in [0.4, 0.5) is 4.39 Å². The molecule has 0 bridgehead atoms. The second kappa shape index (κ2) is 4.42. The molecule has 0 aliphatic carbocycles. The van der Waals surface area contributed by atoms with Crippen LogP contribution in [0, 0.1) is 17.1 Å². The highest BCUT2D eigenvalue weighted by Crippen LogP contribution is 2.22. The number of aromatic hydroxyl groups is 1. The summed E-state index contributed by atoms with van der Waals surface area (Å²) >= 11 is 0. The van der Waals surface area contributed by atoms with E-state index in [0.29, 0.717) is 5.56 Å². The minimum Gasteiger partial charge on any atom is -0.504 e. The van der Waals surface area contributed by atoms with Crippen molar-refractivity contribution in [3.05, 3.63) is 29.1 Å². The molecule has 1 aromatic rings. The predicted molar refractivity (Wildman–Crippen MR) is 48.7 cm³/mol. The van der Waals surface area contributed by atoms with Crippen LogP contribution in [0.3, 0.4) is 0 Å². The summed E-state index contributed by atoms with van der Waals surface area (Å²) in [6.45, 7) is 0. The Labute approximate surface area is 85.2 Å². The average molecular weight is 209 g/mol. The molecule has 1 aromatic carbocycles. The number of hydrogen-bond acceptors (Lipinski definition) is 3. The van der Waals surface area contributed by atoms with Gasteiger partial charge in [0, 0.05) is 6.42 Å². The molecule has 0 saturated carbocycles. The first-order valence-electron chi connectivity index (χ1n) is 4.18. The molecule has 0 amide bonds. The molecule has 2 N–H and O–H groups in total. The van der Waals surface area contributed by atoms with Crippen LogP contribution < -0.4 is 0 Å². The number of hydrogen-bond donors (Lipinski definition) is 2. The molecule has 0 spiro atoms. The molecule has 0 heterocycles. The lowest BCUT2D eigenvalue weighted by atomic mass is 10.1. The fourth-order valence-electron chi connectivity index (χ4n) is 1.14. The van der Waals surface area contributed by atoms with E-state index >= 15 is 0 Å². The van der Waals surface area contributed by atoms with Gasteiger partial charge in [-0.25, -0.2) is 4.39 Å². The highest BCUT2D eigenvalue weighted by atomic mass is 19.1. The monoisotopic (exact) mass is 209 g/mol. The molecule has 5 heteroatoms. The standard InChI is InChI=1S/C10H8FNO3/c11-8-4-6(1-2-9(13)14)3-7(5-12)10(8)15/h3-4,15H,1-2H2,(H,13,14). The molecular formula is C10H8FNO3. The van der Waals surface area contributed by atoms with E-state index in [9.17, 15) is 9.18 Å². The molecule has 1 rings (SSSR count). The summed E-state index contributed by atoms with van der Waals surface area (Å²) < 4.78 is 13.0. The lowest BCUT2D eigenvalue weighted by Crippen LogP contribution is -1.98. The normalized spacial score (nSPS) is 9.60. The SMILES string of the molecule is N#Cc1cc(CCC(=O)O)cc(F)c1O. The number of phenols is 1. The van der Waals surface area contributed by atoms with Crippen LogP contribution in [0.5, 0.6) is 5.75 Å². The maximum Gasteiger partial charge on any atom is 0.303 e. The van der Waals surface area contributed by atoms with Crippen molar-refractivity contribution >= 4 is 5.97 Å². The third-order valence-electron chi connectivity index (χ3n) is 1.87. The van der Waals surface area contributed by atoms with Crippen LogP contribution in [0.25, 0.3) is 0 Å². The van der Waals surface area contributed by atoms with Gasteiger partial charge in [-0.05, 0) is 24.1 Å². The van der Waals surface area contributed by atoms with Crippen LogP contribution in [-0.4, -0.2) is 16.2 Å². The van der Waals surface area contributed by atoms with Crippen LogP contribution in [0.15, 0.2) is 12.1 Å². The van der Waals surface area contributed by atoms with E-state index in [1.54, 1.807) is 6.07 Å². The molecule has 4 nitrogen and oxygen atoms in total. The first-order chi connectivity index (χ1) is 7.04. The van der Waals surface area contributed by atoms with Crippen molar-refractivity contribution in [2.24, 2.45) is 0 Å². The zero-order valence-electron chi connectivity index (χ0n) is 7.70. The number of carboxylic acids is 1. The second-order valence-corrected chi connectivity index (χ2v) is 2.98. The van der Waals surface area contributed by atoms with Gasteiger partial charge < -0.3 is 10.2 Å². The lowest BCUT2D eigenvalue weighted by molar-refractivity contribution is -0.136. The highest BCUT2D eigenvalue weighted by molar-refractivity contribution is 5.67. The third kappa shape index (κ3) is 2.68. The van der Waals surface area contributed by atoms with E-state index in [1.165, 1.54) is 6.07 Å². The highest BCUT2D eigenvalue weighted by Gasteiger charge is 2.10. The molecule has 0 saturated heterocycles. The molecule has 0 aliphatic heterocycles. The molecule has 0 unspecified atom stereocenters. The van der Waals surface area contributed by atoms with E-state index in [2.05, 4.69) is 0 Å². The Morgan fingerprint density at radius 1 is 1.53 bits per heavy atom. The van der Waals surface area contributed by atoms with Gasteiger partial charge >= 0.3 is 5.97 Å². The van der Waals surface area contributed by atoms with Crippen molar-refractivity contribution in [2.45, 2.75) is 12.8 Å². The minimum absolute atomic E-state index is 0.126. The molecule has 15 heavy (non-hydrogen) atoms. The van der Waals surface area contributed by atoms with Gasteiger partial charge in [-0.15, -0.1) is 0 Å². The van der Waals surface area contributed by atoms with E-state index in [-0.39, 0.29) is 18.4 Å². The number of nitrogens with zero attached hydrogens (tertiary/aromatic N) is 1. The first-order valence-corrected chi connectivity index (χ1v) is 4.18. The number of rotatable bonds is 3. The zero-order chi connectivity index (χ0) is 11.4. The van der Waals surface area contributed by atoms with Crippen LogP contribution in [0.2, 0.25) is 0 Å². The summed E-state index contributed by atoms with van der Waals surface area (Å²) in [7, 11) is 0. The van der Waals surface area contributed by atoms with E-state index in [0.717, 1.165) is 6.07 Å². The summed E-state index contributed by atoms with van der Waals surface area (Å²) in [4.78, 5) is 10.3. The van der Waals surface area contributed by atoms with E-state index < -0.39 is 17.5 Å². The van der Waals surface area contributed by atoms with Gasteiger partial charge in [0.15, 0.2) is 11.6 Å². The first kappa shape index (κ1) is 11.0. The molecule has 78 valence electrons. The molecule has 0 aliphatic rings. The molecule has 0 atom stereocenters. The van der Waals surface area contributed by atoms with Crippen LogP contribution >= 0.6 is 0 Å². The van der Waals surface area contributed by atoms with Crippen molar-refractivity contribution < 1.29 is 19.4 Å². The summed E-state index contributed by atoms with van der Waals surface area (Å²) in [5.74, 6) is -2.60. The summed E-state index contributed by atoms with van der Waals surface area (Å²) in [5.41, 5.74) is 0.194. The number of phenolic OH excluding ortho intramolecular Hbond substituents is 1. The van der Waals surface area contributed by atoms with Gasteiger partial charge in [-0.1, -0.05) is 0 Å². The third-order valence-corrected chi connectivity index (χ3v) is 1.87. The fraction of sp³-hybridized carbons (Fsp3) is 0.200. The van der Waals surface area contributed by atoms with Gasteiger partial charge in [0.05, 0.1) is 5.56 Å². The van der Waals surface area contributed by atoms with Gasteiger partial charge in [0.1, 0.15) is 6.07 Å². The summed E-state index contributed by atoms with van der Waals surface area (Å²) in [5, 5.41) is 26.1. The quantitative estimate of drug-likeness (QED) is 0.788. The Balaban J connectivity index is 2.97. The summed E-state index contributed by atoms with van der Waals surface area (Å²) in [6, 6.07) is 3.93. The van der Waals surface area contributed by atoms with Gasteiger partial charge in [0.25, 0.3) is 0 Å². The smallest absolute Gasteiger partial charge is 0.303 e. The maximum absolute atomic E-state index is 13.0. The van der Waals surface area contributed by atoms with Crippen molar-refractivity contribution in [1.29, 1.82) is 5.26 Å². The van der Waals surface area contributed by atoms with E-state index in [4.69, 9.17) is 15.5 Å². The molecular weight excluding hydrogens is 201 g/mol. The van der Waals surface area contributed by atoms with Gasteiger partial charge in [-0.3, -0.25) is 4.79 Å². The lowest BCUT2D eigenvalue weighted by Gasteiger charge is -2.02. The number of aryl methyl sites for hydroxylation is 1. The van der Waals surface area contributed by atoms with Crippen LogP contribution in [-0.2, 0) is 11.2 Å². The van der Waals surface area contributed by atoms with Crippen LogP contribution in [0.1, 0.15) is 17.5 Å². The number of aliphatic carboxylic acids is 1. The molecule has 0 radical (unpaired) electrons. The number of halogens is 1. The van der Waals surface area contributed by atoms with Crippen molar-refractivity contribution in [2.75, 3.05) is 0 Å². The number of nitriles is 1. The predicted octanol–water partition coefficient (Wildman–Crippen LogP) is 1.42. The Morgan fingerprint density at radius 3 is 2.73 bits per heavy atom. The van der Waals surface area contributed by atoms with E-state index in [1.807, 2.05) is 0 Å².